The molecule has 0 aromatic heterocycles. The minimum absolute atomic E-state index is 0.0113. The highest BCUT2D eigenvalue weighted by molar-refractivity contribution is 9.10. The molecule has 0 saturated carbocycles. The SMILES string of the molecule is CC(NC(=O)CN1CN(c2ccccc2)C2(CCN(C(=O)c3ccc(Br)cc3)CC2)C1=O)c1ccccc1. The maximum Gasteiger partial charge on any atom is 0.253 e. The first-order valence-electron chi connectivity index (χ1n) is 12.9. The molecule has 3 aromatic rings. The number of nitrogens with one attached hydrogen (secondary N) is 1. The number of halogens is 1. The first kappa shape index (κ1) is 26.0. The van der Waals surface area contributed by atoms with Gasteiger partial charge in [-0.25, -0.2) is 0 Å². The molecule has 196 valence electrons. The van der Waals surface area contributed by atoms with E-state index >= 15 is 0 Å². The molecule has 2 heterocycles. The van der Waals surface area contributed by atoms with Crippen LogP contribution in [0.5, 0.6) is 0 Å². The fourth-order valence-electron chi connectivity index (χ4n) is 5.46. The van der Waals surface area contributed by atoms with Gasteiger partial charge in [-0.15, -0.1) is 0 Å². The van der Waals surface area contributed by atoms with Gasteiger partial charge < -0.3 is 20.0 Å². The highest BCUT2D eigenvalue weighted by Crippen LogP contribution is 2.39. The van der Waals surface area contributed by atoms with E-state index in [4.69, 9.17) is 0 Å². The van der Waals surface area contributed by atoms with Gasteiger partial charge in [0.2, 0.25) is 5.91 Å². The van der Waals surface area contributed by atoms with Crippen molar-refractivity contribution < 1.29 is 14.4 Å². The summed E-state index contributed by atoms with van der Waals surface area (Å²) in [6.45, 7) is 3.19. The largest absolute Gasteiger partial charge is 0.348 e. The average molecular weight is 576 g/mol. The summed E-state index contributed by atoms with van der Waals surface area (Å²) in [5, 5.41) is 3.03. The Morgan fingerprint density at radius 2 is 1.53 bits per heavy atom. The predicted molar refractivity (Wildman–Crippen MR) is 151 cm³/mol. The van der Waals surface area contributed by atoms with Crippen molar-refractivity contribution in [3.63, 3.8) is 0 Å². The van der Waals surface area contributed by atoms with Crippen LogP contribution in [0.2, 0.25) is 0 Å². The normalized spacial score (nSPS) is 17.5. The summed E-state index contributed by atoms with van der Waals surface area (Å²) >= 11 is 3.41. The Labute approximate surface area is 231 Å². The quantitative estimate of drug-likeness (QED) is 0.466. The number of anilines is 1. The molecule has 0 radical (unpaired) electrons. The lowest BCUT2D eigenvalue weighted by Gasteiger charge is -2.43. The van der Waals surface area contributed by atoms with Crippen LogP contribution in [0, 0.1) is 0 Å². The van der Waals surface area contributed by atoms with E-state index in [9.17, 15) is 14.4 Å². The number of carbonyl (C=O) groups excluding carboxylic acids is 3. The monoisotopic (exact) mass is 574 g/mol. The van der Waals surface area contributed by atoms with Crippen LogP contribution in [0.1, 0.15) is 41.7 Å². The maximum atomic E-state index is 13.9. The van der Waals surface area contributed by atoms with E-state index in [1.165, 1.54) is 0 Å². The third-order valence-electron chi connectivity index (χ3n) is 7.56. The van der Waals surface area contributed by atoms with Gasteiger partial charge in [0.05, 0.1) is 12.7 Å². The standard InChI is InChI=1S/C30H31BrN4O3/c1-22(23-8-4-2-5-9-23)32-27(36)20-34-21-35(26-10-6-3-7-11-26)30(29(34)38)16-18-33(19-17-30)28(37)24-12-14-25(31)15-13-24/h2-15,22H,16-21H2,1H3,(H,32,36). The minimum Gasteiger partial charge on any atom is -0.348 e. The first-order chi connectivity index (χ1) is 18.4. The second-order valence-corrected chi connectivity index (χ2v) is 10.9. The molecule has 5 rings (SSSR count). The van der Waals surface area contributed by atoms with Crippen LogP contribution in [-0.4, -0.2) is 59.4 Å². The third-order valence-corrected chi connectivity index (χ3v) is 8.09. The molecule has 1 unspecified atom stereocenters. The van der Waals surface area contributed by atoms with Crippen molar-refractivity contribution in [2.45, 2.75) is 31.3 Å². The van der Waals surface area contributed by atoms with E-state index in [1.807, 2.05) is 96.8 Å². The van der Waals surface area contributed by atoms with Crippen molar-refractivity contribution in [3.8, 4) is 0 Å². The van der Waals surface area contributed by atoms with Crippen LogP contribution in [-0.2, 0) is 9.59 Å². The summed E-state index contributed by atoms with van der Waals surface area (Å²) in [7, 11) is 0. The molecule has 0 aliphatic carbocycles. The lowest BCUT2D eigenvalue weighted by molar-refractivity contribution is -0.137. The van der Waals surface area contributed by atoms with Crippen LogP contribution in [0.4, 0.5) is 5.69 Å². The van der Waals surface area contributed by atoms with Crippen molar-refractivity contribution in [2.75, 3.05) is 31.2 Å². The molecule has 0 bridgehead atoms. The number of piperidine rings is 1. The van der Waals surface area contributed by atoms with Crippen molar-refractivity contribution in [1.29, 1.82) is 0 Å². The number of hydrogen-bond donors (Lipinski definition) is 1. The van der Waals surface area contributed by atoms with Crippen LogP contribution < -0.4 is 10.2 Å². The zero-order valence-corrected chi connectivity index (χ0v) is 22.9. The van der Waals surface area contributed by atoms with Crippen LogP contribution in [0.3, 0.4) is 0 Å². The van der Waals surface area contributed by atoms with E-state index in [0.29, 0.717) is 38.2 Å². The lowest BCUT2D eigenvalue weighted by Crippen LogP contribution is -2.57. The van der Waals surface area contributed by atoms with Crippen LogP contribution >= 0.6 is 15.9 Å². The Bertz CT molecular complexity index is 1290. The number of amides is 3. The Balaban J connectivity index is 1.31. The summed E-state index contributed by atoms with van der Waals surface area (Å²) in [6, 6.07) is 26.8. The number of likely N-dealkylation sites (tertiary alicyclic amines) is 1. The van der Waals surface area contributed by atoms with E-state index in [-0.39, 0.29) is 30.3 Å². The molecular weight excluding hydrogens is 544 g/mol. The molecule has 2 fully saturated rings. The Morgan fingerprint density at radius 3 is 2.16 bits per heavy atom. The number of nitrogens with zero attached hydrogens (tertiary/aromatic N) is 3. The zero-order chi connectivity index (χ0) is 26.7. The summed E-state index contributed by atoms with van der Waals surface area (Å²) in [4.78, 5) is 45.6. The van der Waals surface area contributed by atoms with Gasteiger partial charge in [0.1, 0.15) is 12.1 Å². The summed E-state index contributed by atoms with van der Waals surface area (Å²) < 4.78 is 0.920. The van der Waals surface area contributed by atoms with Crippen molar-refractivity contribution in [1.82, 2.24) is 15.1 Å². The summed E-state index contributed by atoms with van der Waals surface area (Å²) in [5.74, 6) is -0.280. The van der Waals surface area contributed by atoms with Gasteiger partial charge >= 0.3 is 0 Å². The van der Waals surface area contributed by atoms with E-state index in [2.05, 4.69) is 26.1 Å². The molecule has 3 aromatic carbocycles. The Kier molecular flexibility index (Phi) is 7.51. The maximum absolute atomic E-state index is 13.9. The van der Waals surface area contributed by atoms with Crippen molar-refractivity contribution in [2.24, 2.45) is 0 Å². The Hall–Kier alpha value is -3.65. The Morgan fingerprint density at radius 1 is 0.921 bits per heavy atom. The molecular formula is C30H31BrN4O3. The van der Waals surface area contributed by atoms with Gasteiger partial charge in [-0.05, 0) is 61.7 Å². The van der Waals surface area contributed by atoms with E-state index < -0.39 is 5.54 Å². The third kappa shape index (κ3) is 5.18. The minimum atomic E-state index is -0.789. The van der Waals surface area contributed by atoms with Gasteiger partial charge in [0, 0.05) is 28.8 Å². The van der Waals surface area contributed by atoms with Gasteiger partial charge in [-0.3, -0.25) is 14.4 Å². The van der Waals surface area contributed by atoms with Crippen molar-refractivity contribution in [3.05, 3.63) is 101 Å². The number of rotatable bonds is 6. The first-order valence-corrected chi connectivity index (χ1v) is 13.7. The van der Waals surface area contributed by atoms with Gasteiger partial charge in [-0.1, -0.05) is 64.5 Å². The number of hydrogen-bond acceptors (Lipinski definition) is 4. The molecule has 1 atom stereocenters. The number of carbonyl (C=O) groups is 3. The fraction of sp³-hybridized carbons (Fsp3) is 0.300. The number of para-hydroxylation sites is 1. The average Bonchev–Trinajstić information content (AvgIpc) is 3.20. The van der Waals surface area contributed by atoms with Crippen LogP contribution in [0.25, 0.3) is 0 Å². The molecule has 8 heteroatoms. The van der Waals surface area contributed by atoms with Crippen LogP contribution in [0.15, 0.2) is 89.4 Å². The smallest absolute Gasteiger partial charge is 0.253 e. The molecule has 3 amide bonds. The molecule has 7 nitrogen and oxygen atoms in total. The van der Waals surface area contributed by atoms with E-state index in [1.54, 1.807) is 4.90 Å². The summed E-state index contributed by atoms with van der Waals surface area (Å²) in [6.07, 6.45) is 1.00. The molecule has 1 spiro atoms. The van der Waals surface area contributed by atoms with Gasteiger partial charge in [0.25, 0.3) is 11.8 Å². The highest BCUT2D eigenvalue weighted by Gasteiger charge is 2.54. The number of benzene rings is 3. The lowest BCUT2D eigenvalue weighted by atomic mass is 9.85. The molecule has 1 N–H and O–H groups in total. The summed E-state index contributed by atoms with van der Waals surface area (Å²) in [5.41, 5.74) is 1.80. The second kappa shape index (κ2) is 11.0. The fourth-order valence-corrected chi connectivity index (χ4v) is 5.73. The van der Waals surface area contributed by atoms with Gasteiger partial charge in [-0.2, -0.15) is 0 Å². The van der Waals surface area contributed by atoms with Gasteiger partial charge in [0.15, 0.2) is 0 Å². The predicted octanol–water partition coefficient (Wildman–Crippen LogP) is 4.61. The molecule has 2 aliphatic heterocycles. The second-order valence-electron chi connectivity index (χ2n) is 9.94. The highest BCUT2D eigenvalue weighted by atomic mass is 79.9. The topological polar surface area (TPSA) is 73.0 Å². The molecule has 2 saturated heterocycles. The molecule has 38 heavy (non-hydrogen) atoms. The molecule has 2 aliphatic rings. The zero-order valence-electron chi connectivity index (χ0n) is 21.3. The van der Waals surface area contributed by atoms with Crippen molar-refractivity contribution >= 4 is 39.3 Å². The van der Waals surface area contributed by atoms with E-state index in [0.717, 1.165) is 15.7 Å².